The number of hydrogen-bond acceptors (Lipinski definition) is 4. The number of benzene rings is 1. The van der Waals surface area contributed by atoms with E-state index in [9.17, 15) is 4.79 Å². The van der Waals surface area contributed by atoms with Crippen molar-refractivity contribution < 1.29 is 0 Å². The number of anilines is 1. The van der Waals surface area contributed by atoms with Crippen molar-refractivity contribution in [3.63, 3.8) is 0 Å². The quantitative estimate of drug-likeness (QED) is 0.739. The van der Waals surface area contributed by atoms with Crippen LogP contribution in [0.3, 0.4) is 0 Å². The Morgan fingerprint density at radius 3 is 2.89 bits per heavy atom. The first-order chi connectivity index (χ1) is 8.70. The second kappa shape index (κ2) is 4.27. The van der Waals surface area contributed by atoms with Gasteiger partial charge in [-0.3, -0.25) is 4.79 Å². The van der Waals surface area contributed by atoms with E-state index in [1.54, 1.807) is 23.5 Å². The van der Waals surface area contributed by atoms with E-state index >= 15 is 0 Å². The number of aromatic nitrogens is 2. The van der Waals surface area contributed by atoms with E-state index < -0.39 is 0 Å². The van der Waals surface area contributed by atoms with Gasteiger partial charge in [0.05, 0.1) is 15.2 Å². The number of pyridine rings is 1. The average molecular weight is 257 g/mol. The third kappa shape index (κ3) is 2.12. The van der Waals surface area contributed by atoms with Gasteiger partial charge in [-0.2, -0.15) is 0 Å². The minimum atomic E-state index is -0.175. The van der Waals surface area contributed by atoms with Gasteiger partial charge in [0.25, 0.3) is 0 Å². The van der Waals surface area contributed by atoms with Gasteiger partial charge in [-0.15, -0.1) is 11.3 Å². The summed E-state index contributed by atoms with van der Waals surface area (Å²) in [6.07, 6.45) is 0.632. The van der Waals surface area contributed by atoms with Crippen LogP contribution in [-0.4, -0.2) is 9.97 Å². The summed E-state index contributed by atoms with van der Waals surface area (Å²) in [6.45, 7) is 0. The number of hydrogen-bond donors (Lipinski definition) is 2. The molecular weight excluding hydrogens is 246 g/mol. The van der Waals surface area contributed by atoms with Gasteiger partial charge >= 0.3 is 0 Å². The van der Waals surface area contributed by atoms with E-state index in [4.69, 9.17) is 5.73 Å². The first-order valence-corrected chi connectivity index (χ1v) is 6.35. The number of para-hydroxylation sites is 1. The van der Waals surface area contributed by atoms with Crippen LogP contribution in [0.25, 0.3) is 10.2 Å². The first-order valence-electron chi connectivity index (χ1n) is 5.54. The number of nitrogens with zero attached hydrogens (tertiary/aromatic N) is 1. The van der Waals surface area contributed by atoms with Crippen LogP contribution >= 0.6 is 11.3 Å². The van der Waals surface area contributed by atoms with Gasteiger partial charge in [-0.05, 0) is 23.8 Å². The molecule has 0 aliphatic rings. The molecule has 0 unspecified atom stereocenters. The third-order valence-electron chi connectivity index (χ3n) is 2.62. The second-order valence-corrected chi connectivity index (χ2v) is 5.18. The summed E-state index contributed by atoms with van der Waals surface area (Å²) in [4.78, 5) is 18.4. The Morgan fingerprint density at radius 1 is 1.28 bits per heavy atom. The minimum absolute atomic E-state index is 0.175. The monoisotopic (exact) mass is 257 g/mol. The highest BCUT2D eigenvalue weighted by Gasteiger charge is 2.05. The molecule has 90 valence electrons. The number of thiazole rings is 1. The summed E-state index contributed by atoms with van der Waals surface area (Å²) in [5.74, 6) is 0.388. The number of nitrogens with two attached hydrogens (primary N) is 1. The Labute approximate surface area is 107 Å². The van der Waals surface area contributed by atoms with E-state index in [1.165, 1.54) is 0 Å². The van der Waals surface area contributed by atoms with Gasteiger partial charge in [-0.1, -0.05) is 12.1 Å². The number of nitrogens with one attached hydrogen (secondary N) is 1. The van der Waals surface area contributed by atoms with Crippen molar-refractivity contribution in [3.8, 4) is 0 Å². The van der Waals surface area contributed by atoms with E-state index in [0.717, 1.165) is 20.8 Å². The lowest BCUT2D eigenvalue weighted by atomic mass is 10.2. The van der Waals surface area contributed by atoms with Gasteiger partial charge in [-0.25, -0.2) is 4.98 Å². The lowest BCUT2D eigenvalue weighted by Gasteiger charge is -1.98. The number of aromatic amines is 1. The van der Waals surface area contributed by atoms with Crippen molar-refractivity contribution in [2.45, 2.75) is 6.42 Å². The maximum atomic E-state index is 11.3. The highest BCUT2D eigenvalue weighted by molar-refractivity contribution is 7.18. The Hall–Kier alpha value is -2.14. The van der Waals surface area contributed by atoms with E-state index in [0.29, 0.717) is 12.2 Å². The van der Waals surface area contributed by atoms with E-state index in [-0.39, 0.29) is 5.56 Å². The molecule has 18 heavy (non-hydrogen) atoms. The standard InChI is InChI=1S/C13H11N3OS/c14-11-5-8(6-12(17)16-11)7-13-15-9-3-1-2-4-10(9)18-13/h1-6H,7H2,(H3,14,16,17). The van der Waals surface area contributed by atoms with E-state index in [2.05, 4.69) is 9.97 Å². The molecule has 0 atom stereocenters. The van der Waals surface area contributed by atoms with Crippen LogP contribution in [0.2, 0.25) is 0 Å². The number of rotatable bonds is 2. The third-order valence-corrected chi connectivity index (χ3v) is 3.65. The van der Waals surface area contributed by atoms with Crippen molar-refractivity contribution in [2.24, 2.45) is 0 Å². The predicted molar refractivity (Wildman–Crippen MR) is 73.9 cm³/mol. The summed E-state index contributed by atoms with van der Waals surface area (Å²) in [5, 5.41) is 0.987. The molecule has 0 saturated heterocycles. The maximum absolute atomic E-state index is 11.3. The Kier molecular flexibility index (Phi) is 2.60. The fourth-order valence-corrected chi connectivity index (χ4v) is 2.90. The molecule has 1 aromatic carbocycles. The molecule has 0 saturated carbocycles. The van der Waals surface area contributed by atoms with Crippen LogP contribution < -0.4 is 11.3 Å². The minimum Gasteiger partial charge on any atom is -0.385 e. The van der Waals surface area contributed by atoms with Crippen LogP contribution in [0.1, 0.15) is 10.6 Å². The fourth-order valence-electron chi connectivity index (χ4n) is 1.90. The van der Waals surface area contributed by atoms with Crippen molar-refractivity contribution >= 4 is 27.4 Å². The number of fused-ring (bicyclic) bond motifs is 1. The van der Waals surface area contributed by atoms with Crippen LogP contribution in [-0.2, 0) is 6.42 Å². The molecule has 3 N–H and O–H groups in total. The van der Waals surface area contributed by atoms with Crippen LogP contribution in [0, 0.1) is 0 Å². The molecule has 0 fully saturated rings. The number of H-pyrrole nitrogens is 1. The zero-order valence-electron chi connectivity index (χ0n) is 9.51. The summed E-state index contributed by atoms with van der Waals surface area (Å²) >= 11 is 1.64. The second-order valence-electron chi connectivity index (χ2n) is 4.06. The molecular formula is C13H11N3OS. The molecule has 5 heteroatoms. The first kappa shape index (κ1) is 11.0. The molecule has 0 spiro atoms. The smallest absolute Gasteiger partial charge is 0.249 e. The lowest BCUT2D eigenvalue weighted by Crippen LogP contribution is -2.08. The van der Waals surface area contributed by atoms with Crippen molar-refractivity contribution in [1.29, 1.82) is 0 Å². The van der Waals surface area contributed by atoms with Crippen LogP contribution in [0.15, 0.2) is 41.2 Å². The van der Waals surface area contributed by atoms with Crippen molar-refractivity contribution in [3.05, 3.63) is 57.3 Å². The van der Waals surface area contributed by atoms with Gasteiger partial charge in [0.1, 0.15) is 5.82 Å². The van der Waals surface area contributed by atoms with Gasteiger partial charge in [0.15, 0.2) is 0 Å². The normalized spacial score (nSPS) is 10.9. The topological polar surface area (TPSA) is 71.8 Å². The Balaban J connectivity index is 1.98. The molecule has 0 aliphatic heterocycles. The summed E-state index contributed by atoms with van der Waals surface area (Å²) in [6, 6.07) is 11.3. The van der Waals surface area contributed by atoms with Gasteiger partial charge in [0, 0.05) is 12.5 Å². The Morgan fingerprint density at radius 2 is 2.11 bits per heavy atom. The Bertz CT molecular complexity index is 727. The predicted octanol–water partition coefficient (Wildman–Crippen LogP) is 2.16. The molecule has 2 aromatic heterocycles. The maximum Gasteiger partial charge on any atom is 0.249 e. The SMILES string of the molecule is Nc1cc(Cc2nc3ccccc3s2)cc(=O)[nH]1. The van der Waals surface area contributed by atoms with E-state index in [1.807, 2.05) is 24.3 Å². The average Bonchev–Trinajstić information content (AvgIpc) is 2.69. The fraction of sp³-hybridized carbons (Fsp3) is 0.0769. The molecule has 2 heterocycles. The zero-order valence-corrected chi connectivity index (χ0v) is 10.3. The molecule has 4 nitrogen and oxygen atoms in total. The largest absolute Gasteiger partial charge is 0.385 e. The molecule has 3 aromatic rings. The van der Waals surface area contributed by atoms with Crippen molar-refractivity contribution in [1.82, 2.24) is 9.97 Å². The number of nitrogen functional groups attached to an aromatic ring is 1. The summed E-state index contributed by atoms with van der Waals surface area (Å²) in [7, 11) is 0. The molecule has 0 aliphatic carbocycles. The highest BCUT2D eigenvalue weighted by Crippen LogP contribution is 2.23. The summed E-state index contributed by atoms with van der Waals surface area (Å²) < 4.78 is 1.16. The van der Waals surface area contributed by atoms with Crippen LogP contribution in [0.4, 0.5) is 5.82 Å². The molecule has 3 rings (SSSR count). The van der Waals surface area contributed by atoms with Gasteiger partial charge in [0.2, 0.25) is 5.56 Å². The van der Waals surface area contributed by atoms with Crippen LogP contribution in [0.5, 0.6) is 0 Å². The highest BCUT2D eigenvalue weighted by atomic mass is 32.1. The lowest BCUT2D eigenvalue weighted by molar-refractivity contribution is 1.12. The molecule has 0 radical (unpaired) electrons. The zero-order chi connectivity index (χ0) is 12.5. The van der Waals surface area contributed by atoms with Crippen molar-refractivity contribution in [2.75, 3.05) is 5.73 Å². The molecule has 0 bridgehead atoms. The van der Waals surface area contributed by atoms with Gasteiger partial charge < -0.3 is 10.7 Å². The summed E-state index contributed by atoms with van der Waals surface area (Å²) in [5.41, 5.74) is 7.32. The molecule has 0 amide bonds.